The zero-order chi connectivity index (χ0) is 12.7. The second-order valence-electron chi connectivity index (χ2n) is 5.15. The molecule has 4 nitrogen and oxygen atoms in total. The van der Waals surface area contributed by atoms with Gasteiger partial charge in [-0.2, -0.15) is 0 Å². The molecular weight excluding hydrogens is 341 g/mol. The fourth-order valence-electron chi connectivity index (χ4n) is 2.31. The van der Waals surface area contributed by atoms with Crippen molar-refractivity contribution in [2.75, 3.05) is 19.5 Å². The van der Waals surface area contributed by atoms with Gasteiger partial charge in [0.2, 0.25) is 0 Å². The molecule has 0 bridgehead atoms. The van der Waals surface area contributed by atoms with Crippen LogP contribution < -0.4 is 5.32 Å². The minimum atomic E-state index is 0.0756. The highest BCUT2D eigenvalue weighted by atomic mass is 127. The predicted octanol–water partition coefficient (Wildman–Crippen LogP) is 3.10. The molecule has 18 heavy (non-hydrogen) atoms. The molecule has 1 aromatic rings. The van der Waals surface area contributed by atoms with Gasteiger partial charge in [0.25, 0.3) is 0 Å². The third kappa shape index (κ3) is 2.34. The van der Waals surface area contributed by atoms with Crippen LogP contribution in [0.2, 0.25) is 0 Å². The zero-order valence-corrected chi connectivity index (χ0v) is 12.9. The lowest BCUT2D eigenvalue weighted by Gasteiger charge is -2.16. The first-order chi connectivity index (χ1) is 8.74. The Labute approximate surface area is 121 Å². The van der Waals surface area contributed by atoms with E-state index >= 15 is 0 Å². The minimum absolute atomic E-state index is 0.0756. The van der Waals surface area contributed by atoms with Crippen LogP contribution in [0.3, 0.4) is 0 Å². The molecule has 0 aromatic carbocycles. The lowest BCUT2D eigenvalue weighted by molar-refractivity contribution is 0.0771. The Balaban J connectivity index is 2.00. The molecular formula is C13H18IN3O. The topological polar surface area (TPSA) is 47.0 Å². The Bertz CT molecular complexity index is 458. The molecule has 98 valence electrons. The summed E-state index contributed by atoms with van der Waals surface area (Å²) in [5.74, 6) is 3.08. The van der Waals surface area contributed by atoms with Crippen LogP contribution in [0.15, 0.2) is 0 Å². The molecule has 0 saturated heterocycles. The fraction of sp³-hybridized carbons (Fsp3) is 0.692. The molecule has 2 aliphatic carbocycles. The molecule has 2 aliphatic rings. The average Bonchev–Trinajstić information content (AvgIpc) is 3.24. The van der Waals surface area contributed by atoms with Gasteiger partial charge in [-0.1, -0.05) is 0 Å². The SMILES string of the molecule is CNc1nc(C(OC)C2CC2)nc(C2CC2)c1I. The van der Waals surface area contributed by atoms with E-state index in [1.54, 1.807) is 7.11 Å². The summed E-state index contributed by atoms with van der Waals surface area (Å²) >= 11 is 2.35. The normalized spacial score (nSPS) is 20.8. The first-order valence-electron chi connectivity index (χ1n) is 6.52. The van der Waals surface area contributed by atoms with Crippen LogP contribution in [0.5, 0.6) is 0 Å². The van der Waals surface area contributed by atoms with Gasteiger partial charge in [0.1, 0.15) is 11.9 Å². The van der Waals surface area contributed by atoms with E-state index in [1.165, 1.54) is 34.9 Å². The van der Waals surface area contributed by atoms with Crippen molar-refractivity contribution in [3.8, 4) is 0 Å². The van der Waals surface area contributed by atoms with E-state index in [4.69, 9.17) is 9.72 Å². The number of hydrogen-bond acceptors (Lipinski definition) is 4. The maximum atomic E-state index is 5.60. The fourth-order valence-corrected chi connectivity index (χ4v) is 3.26. The third-order valence-corrected chi connectivity index (χ3v) is 4.72. The Morgan fingerprint density at radius 2 is 2.00 bits per heavy atom. The number of halogens is 1. The Morgan fingerprint density at radius 3 is 2.50 bits per heavy atom. The molecule has 0 amide bonds. The van der Waals surface area contributed by atoms with Crippen molar-refractivity contribution in [1.82, 2.24) is 9.97 Å². The number of hydrogen-bond donors (Lipinski definition) is 1. The maximum Gasteiger partial charge on any atom is 0.160 e. The van der Waals surface area contributed by atoms with E-state index in [1.807, 2.05) is 7.05 Å². The van der Waals surface area contributed by atoms with Crippen LogP contribution in [0.1, 0.15) is 49.2 Å². The van der Waals surface area contributed by atoms with Crippen molar-refractivity contribution < 1.29 is 4.74 Å². The summed E-state index contributed by atoms with van der Waals surface area (Å²) < 4.78 is 6.77. The van der Waals surface area contributed by atoms with Crippen molar-refractivity contribution in [1.29, 1.82) is 0 Å². The Hall–Kier alpha value is -0.430. The first-order valence-corrected chi connectivity index (χ1v) is 7.60. The van der Waals surface area contributed by atoms with Gasteiger partial charge in [-0.05, 0) is 54.2 Å². The summed E-state index contributed by atoms with van der Waals surface area (Å²) in [6.45, 7) is 0. The molecule has 5 heteroatoms. The molecule has 1 N–H and O–H groups in total. The van der Waals surface area contributed by atoms with Crippen molar-refractivity contribution >= 4 is 28.4 Å². The quantitative estimate of drug-likeness (QED) is 0.821. The van der Waals surface area contributed by atoms with Crippen LogP contribution >= 0.6 is 22.6 Å². The number of methoxy groups -OCH3 is 1. The molecule has 2 fully saturated rings. The number of rotatable bonds is 5. The van der Waals surface area contributed by atoms with E-state index in [2.05, 4.69) is 32.9 Å². The van der Waals surface area contributed by atoms with Gasteiger partial charge in [-0.15, -0.1) is 0 Å². The van der Waals surface area contributed by atoms with Crippen LogP contribution in [0.4, 0.5) is 5.82 Å². The summed E-state index contributed by atoms with van der Waals surface area (Å²) in [5.41, 5.74) is 1.22. The summed E-state index contributed by atoms with van der Waals surface area (Å²) in [6, 6.07) is 0. The molecule has 1 unspecified atom stereocenters. The van der Waals surface area contributed by atoms with E-state index < -0.39 is 0 Å². The van der Waals surface area contributed by atoms with Gasteiger partial charge >= 0.3 is 0 Å². The second-order valence-corrected chi connectivity index (χ2v) is 6.23. The molecule has 0 spiro atoms. The highest BCUT2D eigenvalue weighted by molar-refractivity contribution is 14.1. The van der Waals surface area contributed by atoms with Crippen molar-refractivity contribution in [3.05, 3.63) is 15.1 Å². The second kappa shape index (κ2) is 4.92. The van der Waals surface area contributed by atoms with Gasteiger partial charge in [0, 0.05) is 20.1 Å². The monoisotopic (exact) mass is 359 g/mol. The minimum Gasteiger partial charge on any atom is -0.373 e. The summed E-state index contributed by atoms with van der Waals surface area (Å²) in [5, 5.41) is 3.18. The van der Waals surface area contributed by atoms with Gasteiger partial charge in [-0.3, -0.25) is 0 Å². The predicted molar refractivity (Wildman–Crippen MR) is 78.7 cm³/mol. The standard InChI is InChI=1S/C13H18IN3O/c1-15-12-9(14)10(7-3-4-7)16-13(17-12)11(18-2)8-5-6-8/h7-8,11H,3-6H2,1-2H3,(H,15,16,17). The number of aromatic nitrogens is 2. The number of anilines is 1. The smallest absolute Gasteiger partial charge is 0.160 e. The molecule has 0 radical (unpaired) electrons. The molecule has 2 saturated carbocycles. The highest BCUT2D eigenvalue weighted by Crippen LogP contribution is 2.45. The zero-order valence-electron chi connectivity index (χ0n) is 10.7. The average molecular weight is 359 g/mol. The van der Waals surface area contributed by atoms with Gasteiger partial charge in [0.15, 0.2) is 5.82 Å². The maximum absolute atomic E-state index is 5.60. The molecule has 0 aliphatic heterocycles. The molecule has 1 heterocycles. The highest BCUT2D eigenvalue weighted by Gasteiger charge is 2.36. The number of nitrogens with zero attached hydrogens (tertiary/aromatic N) is 2. The van der Waals surface area contributed by atoms with E-state index in [9.17, 15) is 0 Å². The Morgan fingerprint density at radius 1 is 1.28 bits per heavy atom. The number of ether oxygens (including phenoxy) is 1. The van der Waals surface area contributed by atoms with Gasteiger partial charge in [-0.25, -0.2) is 9.97 Å². The van der Waals surface area contributed by atoms with Crippen molar-refractivity contribution in [2.45, 2.75) is 37.7 Å². The van der Waals surface area contributed by atoms with E-state index in [0.717, 1.165) is 11.6 Å². The van der Waals surface area contributed by atoms with Crippen LogP contribution in [0.25, 0.3) is 0 Å². The third-order valence-electron chi connectivity index (χ3n) is 3.65. The lowest BCUT2D eigenvalue weighted by Crippen LogP contribution is -2.13. The number of nitrogens with one attached hydrogen (secondary N) is 1. The molecule has 1 aromatic heterocycles. The van der Waals surface area contributed by atoms with Crippen LogP contribution in [-0.4, -0.2) is 24.1 Å². The largest absolute Gasteiger partial charge is 0.373 e. The van der Waals surface area contributed by atoms with Crippen molar-refractivity contribution in [3.63, 3.8) is 0 Å². The van der Waals surface area contributed by atoms with E-state index in [0.29, 0.717) is 11.8 Å². The summed E-state index contributed by atoms with van der Waals surface area (Å²) in [4.78, 5) is 9.43. The van der Waals surface area contributed by atoms with Gasteiger partial charge in [0.05, 0.1) is 9.26 Å². The van der Waals surface area contributed by atoms with Gasteiger partial charge < -0.3 is 10.1 Å². The molecule has 1 atom stereocenters. The van der Waals surface area contributed by atoms with Crippen molar-refractivity contribution in [2.24, 2.45) is 5.92 Å². The lowest BCUT2D eigenvalue weighted by atomic mass is 10.2. The first kappa shape index (κ1) is 12.6. The summed E-state index contributed by atoms with van der Waals surface area (Å²) in [7, 11) is 3.68. The van der Waals surface area contributed by atoms with Crippen LogP contribution in [-0.2, 0) is 4.74 Å². The Kier molecular flexibility index (Phi) is 3.44. The summed E-state index contributed by atoms with van der Waals surface area (Å²) in [6.07, 6.45) is 5.07. The molecule has 3 rings (SSSR count). The van der Waals surface area contributed by atoms with Crippen LogP contribution in [0, 0.1) is 9.49 Å². The van der Waals surface area contributed by atoms with E-state index in [-0.39, 0.29) is 6.10 Å².